The highest BCUT2D eigenvalue weighted by Gasteiger charge is 2.16. The first-order valence-electron chi connectivity index (χ1n) is 7.33. The predicted octanol–water partition coefficient (Wildman–Crippen LogP) is 2.11. The van der Waals surface area contributed by atoms with Crippen molar-refractivity contribution in [1.29, 1.82) is 0 Å². The van der Waals surface area contributed by atoms with Crippen molar-refractivity contribution in [2.24, 2.45) is 0 Å². The minimum absolute atomic E-state index is 0.0526. The number of rotatable bonds is 6. The zero-order valence-corrected chi connectivity index (χ0v) is 14.3. The van der Waals surface area contributed by atoms with Crippen molar-refractivity contribution in [3.05, 3.63) is 42.0 Å². The second-order valence-electron chi connectivity index (χ2n) is 5.62. The molecule has 0 spiro atoms. The summed E-state index contributed by atoms with van der Waals surface area (Å²) in [6.45, 7) is 1.94. The number of methoxy groups -OCH3 is 1. The van der Waals surface area contributed by atoms with E-state index in [-0.39, 0.29) is 24.1 Å². The Balaban J connectivity index is 2.11. The molecule has 0 bridgehead atoms. The van der Waals surface area contributed by atoms with Gasteiger partial charge < -0.3 is 10.1 Å². The van der Waals surface area contributed by atoms with E-state index in [0.29, 0.717) is 0 Å². The predicted molar refractivity (Wildman–Crippen MR) is 91.6 cm³/mol. The van der Waals surface area contributed by atoms with Gasteiger partial charge in [0.1, 0.15) is 15.6 Å². The molecule has 0 saturated carbocycles. The molecule has 0 heterocycles. The van der Waals surface area contributed by atoms with Crippen LogP contribution in [0.2, 0.25) is 0 Å². The van der Waals surface area contributed by atoms with Crippen LogP contribution in [-0.2, 0) is 14.6 Å². The summed E-state index contributed by atoms with van der Waals surface area (Å²) in [6.07, 6.45) is 1.15. The Morgan fingerprint density at radius 2 is 1.83 bits per heavy atom. The lowest BCUT2D eigenvalue weighted by molar-refractivity contribution is -0.122. The molecule has 0 fully saturated rings. The van der Waals surface area contributed by atoms with Crippen molar-refractivity contribution < 1.29 is 17.9 Å². The van der Waals surface area contributed by atoms with Crippen molar-refractivity contribution in [1.82, 2.24) is 5.32 Å². The third-order valence-corrected chi connectivity index (χ3v) is 4.68. The number of carbonyl (C=O) groups is 1. The molecule has 23 heavy (non-hydrogen) atoms. The van der Waals surface area contributed by atoms with Gasteiger partial charge >= 0.3 is 0 Å². The maximum absolute atomic E-state index is 12.1. The summed E-state index contributed by atoms with van der Waals surface area (Å²) in [4.78, 5) is 12.1. The summed E-state index contributed by atoms with van der Waals surface area (Å²) in [5.74, 6) is 0.211. The highest BCUT2D eigenvalue weighted by atomic mass is 32.2. The molecule has 0 aliphatic rings. The summed E-state index contributed by atoms with van der Waals surface area (Å²) in [5, 5.41) is 4.73. The van der Waals surface area contributed by atoms with E-state index in [4.69, 9.17) is 4.74 Å². The van der Waals surface area contributed by atoms with Gasteiger partial charge in [-0.1, -0.05) is 24.3 Å². The monoisotopic (exact) mass is 335 g/mol. The molecule has 5 nitrogen and oxygen atoms in total. The third-order valence-electron chi connectivity index (χ3n) is 3.74. The molecular weight excluding hydrogens is 314 g/mol. The molecule has 0 aliphatic heterocycles. The van der Waals surface area contributed by atoms with Gasteiger partial charge in [0.2, 0.25) is 5.91 Å². The number of carbonyl (C=O) groups excluding carboxylic acids is 1. The molecule has 1 atom stereocenters. The summed E-state index contributed by atoms with van der Waals surface area (Å²) < 4.78 is 27.4. The van der Waals surface area contributed by atoms with E-state index in [1.165, 1.54) is 0 Å². The average molecular weight is 335 g/mol. The summed E-state index contributed by atoms with van der Waals surface area (Å²) in [5.41, 5.74) is 0.888. The molecule has 1 N–H and O–H groups in total. The number of nitrogens with one attached hydrogen (secondary N) is 1. The molecule has 2 aromatic rings. The molecular formula is C17H21NO4S. The Labute approximate surface area is 136 Å². The van der Waals surface area contributed by atoms with Crippen LogP contribution in [0.3, 0.4) is 0 Å². The Hall–Kier alpha value is -2.08. The topological polar surface area (TPSA) is 72.5 Å². The fourth-order valence-corrected chi connectivity index (χ4v) is 2.78. The summed E-state index contributed by atoms with van der Waals surface area (Å²) in [6, 6.07) is 11.6. The zero-order valence-electron chi connectivity index (χ0n) is 13.5. The van der Waals surface area contributed by atoms with Crippen molar-refractivity contribution in [3.63, 3.8) is 0 Å². The van der Waals surface area contributed by atoms with Crippen molar-refractivity contribution >= 4 is 26.5 Å². The lowest BCUT2D eigenvalue weighted by Crippen LogP contribution is -2.32. The summed E-state index contributed by atoms with van der Waals surface area (Å²) >= 11 is 0. The van der Waals surface area contributed by atoms with Crippen LogP contribution in [0.4, 0.5) is 0 Å². The molecule has 0 unspecified atom stereocenters. The summed E-state index contributed by atoms with van der Waals surface area (Å²) in [7, 11) is -1.45. The molecule has 2 rings (SSSR count). The van der Waals surface area contributed by atoms with Gasteiger partial charge in [-0.25, -0.2) is 8.42 Å². The Kier molecular flexibility index (Phi) is 5.26. The van der Waals surface area contributed by atoms with E-state index in [1.54, 1.807) is 14.0 Å². The molecule has 0 aliphatic carbocycles. The second-order valence-corrected chi connectivity index (χ2v) is 7.87. The number of hydrogen-bond donors (Lipinski definition) is 1. The Morgan fingerprint density at radius 1 is 1.17 bits per heavy atom. The number of fused-ring (bicyclic) bond motifs is 1. The third kappa shape index (κ3) is 4.69. The zero-order chi connectivity index (χ0) is 17.0. The smallest absolute Gasteiger partial charge is 0.227 e. The molecule has 0 saturated heterocycles. The van der Waals surface area contributed by atoms with Crippen molar-refractivity contribution in [3.8, 4) is 5.75 Å². The van der Waals surface area contributed by atoms with Crippen LogP contribution in [0.25, 0.3) is 10.8 Å². The SMILES string of the molecule is COc1ccc2cc([C@@H](C)C(=O)NCCS(C)(=O)=O)ccc2c1. The van der Waals surface area contributed by atoms with E-state index in [9.17, 15) is 13.2 Å². The van der Waals surface area contributed by atoms with E-state index in [1.807, 2.05) is 36.4 Å². The van der Waals surface area contributed by atoms with Crippen LogP contribution in [0.15, 0.2) is 36.4 Å². The van der Waals surface area contributed by atoms with Crippen molar-refractivity contribution in [2.45, 2.75) is 12.8 Å². The van der Waals surface area contributed by atoms with E-state index >= 15 is 0 Å². The normalized spacial score (nSPS) is 12.8. The van der Waals surface area contributed by atoms with Gasteiger partial charge in [-0.3, -0.25) is 4.79 Å². The lowest BCUT2D eigenvalue weighted by atomic mass is 9.97. The maximum Gasteiger partial charge on any atom is 0.227 e. The first-order valence-corrected chi connectivity index (χ1v) is 9.39. The van der Waals surface area contributed by atoms with Gasteiger partial charge in [0.05, 0.1) is 18.8 Å². The largest absolute Gasteiger partial charge is 0.497 e. The minimum atomic E-state index is -3.07. The standard InChI is InChI=1S/C17H21NO4S/c1-12(17(19)18-8-9-23(3,20)21)13-4-5-15-11-16(22-2)7-6-14(15)10-13/h4-7,10-12H,8-9H2,1-3H3,(H,18,19)/t12-/m1/s1. The molecule has 1 amide bonds. The maximum atomic E-state index is 12.1. The number of ether oxygens (including phenoxy) is 1. The fraction of sp³-hybridized carbons (Fsp3) is 0.353. The molecule has 124 valence electrons. The van der Waals surface area contributed by atoms with Gasteiger partial charge in [0.15, 0.2) is 0 Å². The highest BCUT2D eigenvalue weighted by Crippen LogP contribution is 2.25. The quantitative estimate of drug-likeness (QED) is 0.877. The Morgan fingerprint density at radius 3 is 2.48 bits per heavy atom. The van der Waals surface area contributed by atoms with Crippen LogP contribution < -0.4 is 10.1 Å². The highest BCUT2D eigenvalue weighted by molar-refractivity contribution is 7.90. The molecule has 0 aromatic heterocycles. The molecule has 6 heteroatoms. The van der Waals surface area contributed by atoms with Crippen LogP contribution in [0.1, 0.15) is 18.4 Å². The van der Waals surface area contributed by atoms with E-state index in [2.05, 4.69) is 5.32 Å². The molecule has 2 aromatic carbocycles. The van der Waals surface area contributed by atoms with Crippen LogP contribution in [0.5, 0.6) is 5.75 Å². The number of sulfone groups is 1. The van der Waals surface area contributed by atoms with E-state index < -0.39 is 9.84 Å². The number of benzene rings is 2. The van der Waals surface area contributed by atoms with Gasteiger partial charge in [0, 0.05) is 12.8 Å². The second kappa shape index (κ2) is 7.00. The lowest BCUT2D eigenvalue weighted by Gasteiger charge is -2.13. The fourth-order valence-electron chi connectivity index (χ4n) is 2.30. The molecule has 0 radical (unpaired) electrons. The van der Waals surface area contributed by atoms with E-state index in [0.717, 1.165) is 28.3 Å². The first-order chi connectivity index (χ1) is 10.8. The van der Waals surface area contributed by atoms with Crippen LogP contribution in [-0.4, -0.2) is 40.0 Å². The van der Waals surface area contributed by atoms with Gasteiger partial charge in [-0.05, 0) is 35.4 Å². The number of hydrogen-bond acceptors (Lipinski definition) is 4. The van der Waals surface area contributed by atoms with Gasteiger partial charge in [-0.15, -0.1) is 0 Å². The average Bonchev–Trinajstić information content (AvgIpc) is 2.51. The number of amides is 1. The minimum Gasteiger partial charge on any atom is -0.497 e. The first kappa shape index (κ1) is 17.3. The van der Waals surface area contributed by atoms with Crippen LogP contribution in [0, 0.1) is 0 Å². The Bertz CT molecular complexity index is 814. The van der Waals surface area contributed by atoms with Crippen molar-refractivity contribution in [2.75, 3.05) is 25.7 Å². The van der Waals surface area contributed by atoms with Crippen LogP contribution >= 0.6 is 0 Å². The van der Waals surface area contributed by atoms with Gasteiger partial charge in [-0.2, -0.15) is 0 Å². The van der Waals surface area contributed by atoms with Gasteiger partial charge in [0.25, 0.3) is 0 Å².